The van der Waals surface area contributed by atoms with Crippen molar-refractivity contribution in [1.82, 2.24) is 20.3 Å². The largest absolute Gasteiger partial charge is 0.359 e. The lowest BCUT2D eigenvalue weighted by atomic mass is 10.1. The van der Waals surface area contributed by atoms with Gasteiger partial charge in [-0.3, -0.25) is 9.78 Å². The molecule has 1 amide bonds. The van der Waals surface area contributed by atoms with Gasteiger partial charge in [-0.05, 0) is 38.3 Å². The van der Waals surface area contributed by atoms with Gasteiger partial charge in [0.2, 0.25) is 5.91 Å². The van der Waals surface area contributed by atoms with Crippen molar-refractivity contribution in [3.8, 4) is 0 Å². The lowest BCUT2D eigenvalue weighted by Crippen LogP contribution is -2.24. The smallest absolute Gasteiger partial charge is 0.220 e. The van der Waals surface area contributed by atoms with Crippen molar-refractivity contribution in [2.45, 2.75) is 38.6 Å². The van der Waals surface area contributed by atoms with Crippen molar-refractivity contribution in [3.63, 3.8) is 0 Å². The molecule has 1 fully saturated rings. The Balaban J connectivity index is 1.78. The highest BCUT2D eigenvalue weighted by Gasteiger charge is 2.28. The summed E-state index contributed by atoms with van der Waals surface area (Å²) in [5, 5.41) is 2.65. The predicted octanol–water partition coefficient (Wildman–Crippen LogP) is 2.20. The van der Waals surface area contributed by atoms with Crippen molar-refractivity contribution >= 4 is 11.7 Å². The number of pyridine rings is 1. The Morgan fingerprint density at radius 3 is 3.04 bits per heavy atom. The van der Waals surface area contributed by atoms with E-state index in [2.05, 4.69) is 26.3 Å². The molecule has 6 heteroatoms. The molecule has 2 aromatic rings. The third kappa shape index (κ3) is 3.69. The van der Waals surface area contributed by atoms with Crippen molar-refractivity contribution in [3.05, 3.63) is 47.7 Å². The van der Waals surface area contributed by atoms with E-state index in [1.807, 2.05) is 25.1 Å². The molecule has 3 heterocycles. The molecule has 3 rings (SSSR count). The topological polar surface area (TPSA) is 71.0 Å². The van der Waals surface area contributed by atoms with Crippen LogP contribution >= 0.6 is 0 Å². The highest BCUT2D eigenvalue weighted by atomic mass is 16.1. The number of carbonyl (C=O) groups is 1. The fourth-order valence-corrected chi connectivity index (χ4v) is 3.14. The van der Waals surface area contributed by atoms with Gasteiger partial charge in [0.25, 0.3) is 0 Å². The number of rotatable bonds is 5. The summed E-state index contributed by atoms with van der Waals surface area (Å²) in [5.74, 6) is 1.00. The van der Waals surface area contributed by atoms with Gasteiger partial charge in [0.1, 0.15) is 12.1 Å². The summed E-state index contributed by atoms with van der Waals surface area (Å²) in [6.07, 6.45) is 4.93. The number of hydrogen-bond acceptors (Lipinski definition) is 5. The first-order valence-corrected chi connectivity index (χ1v) is 8.39. The van der Waals surface area contributed by atoms with Crippen LogP contribution in [0.1, 0.15) is 42.4 Å². The summed E-state index contributed by atoms with van der Waals surface area (Å²) in [6, 6.07) is 8.34. The molecule has 24 heavy (non-hydrogen) atoms. The van der Waals surface area contributed by atoms with Crippen LogP contribution in [0.5, 0.6) is 0 Å². The molecule has 0 radical (unpaired) electrons. The zero-order valence-corrected chi connectivity index (χ0v) is 14.2. The number of carbonyl (C=O) groups excluding carboxylic acids is 1. The van der Waals surface area contributed by atoms with E-state index in [0.717, 1.165) is 42.3 Å². The molecule has 1 aliphatic rings. The Hall–Kier alpha value is -2.50. The lowest BCUT2D eigenvalue weighted by molar-refractivity contribution is -0.120. The third-order valence-electron chi connectivity index (χ3n) is 4.39. The van der Waals surface area contributed by atoms with E-state index in [4.69, 9.17) is 4.98 Å². The zero-order valence-electron chi connectivity index (χ0n) is 14.2. The Bertz CT molecular complexity index is 718. The predicted molar refractivity (Wildman–Crippen MR) is 92.7 cm³/mol. The number of hydrogen-bond donors (Lipinski definition) is 1. The van der Waals surface area contributed by atoms with Gasteiger partial charge in [-0.15, -0.1) is 0 Å². The van der Waals surface area contributed by atoms with Crippen molar-refractivity contribution in [2.24, 2.45) is 0 Å². The Labute approximate surface area is 142 Å². The molecule has 1 saturated heterocycles. The number of aromatic nitrogens is 3. The Kier molecular flexibility index (Phi) is 5.03. The molecule has 0 unspecified atom stereocenters. The number of amides is 1. The summed E-state index contributed by atoms with van der Waals surface area (Å²) in [5.41, 5.74) is 2.98. The summed E-state index contributed by atoms with van der Waals surface area (Å²) in [7, 11) is 1.66. The van der Waals surface area contributed by atoms with Crippen LogP contribution in [-0.4, -0.2) is 34.5 Å². The number of aryl methyl sites for hydroxylation is 2. The molecular formula is C18H23N5O. The second kappa shape index (κ2) is 7.38. The maximum Gasteiger partial charge on any atom is 0.220 e. The minimum absolute atomic E-state index is 0.0427. The quantitative estimate of drug-likeness (QED) is 0.912. The maximum atomic E-state index is 11.4. The molecule has 1 atom stereocenters. The normalized spacial score (nSPS) is 17.1. The molecule has 0 bridgehead atoms. The molecule has 1 N–H and O–H groups in total. The van der Waals surface area contributed by atoms with Gasteiger partial charge in [-0.1, -0.05) is 6.07 Å². The average molecular weight is 325 g/mol. The van der Waals surface area contributed by atoms with Gasteiger partial charge in [-0.25, -0.2) is 9.97 Å². The van der Waals surface area contributed by atoms with Gasteiger partial charge < -0.3 is 10.2 Å². The van der Waals surface area contributed by atoms with E-state index in [1.165, 1.54) is 0 Å². The SMILES string of the molecule is CNC(=O)CCc1cccc([C@@H]2CCCN2c2cc(C)ncn2)n1. The van der Waals surface area contributed by atoms with E-state index >= 15 is 0 Å². The zero-order chi connectivity index (χ0) is 16.9. The summed E-state index contributed by atoms with van der Waals surface area (Å²) >= 11 is 0. The molecule has 1 aliphatic heterocycles. The lowest BCUT2D eigenvalue weighted by Gasteiger charge is -2.25. The molecule has 0 aliphatic carbocycles. The first kappa shape index (κ1) is 16.4. The molecule has 6 nitrogen and oxygen atoms in total. The Morgan fingerprint density at radius 2 is 2.25 bits per heavy atom. The Morgan fingerprint density at radius 1 is 1.38 bits per heavy atom. The van der Waals surface area contributed by atoms with E-state index in [1.54, 1.807) is 13.4 Å². The summed E-state index contributed by atoms with van der Waals surface area (Å²) < 4.78 is 0. The molecule has 2 aromatic heterocycles. The van der Waals surface area contributed by atoms with Crippen molar-refractivity contribution in [2.75, 3.05) is 18.5 Å². The standard InChI is InChI=1S/C18H23N5O/c1-13-11-17(21-12-20-13)23-10-4-7-16(23)15-6-3-5-14(22-15)8-9-18(24)19-2/h3,5-6,11-12,16H,4,7-10H2,1-2H3,(H,19,24)/t16-/m0/s1. The molecule has 0 aromatic carbocycles. The fourth-order valence-electron chi connectivity index (χ4n) is 3.14. The second-order valence-electron chi connectivity index (χ2n) is 6.10. The minimum Gasteiger partial charge on any atom is -0.359 e. The molecule has 0 spiro atoms. The van der Waals surface area contributed by atoms with Gasteiger partial charge in [0.05, 0.1) is 11.7 Å². The van der Waals surface area contributed by atoms with Gasteiger partial charge >= 0.3 is 0 Å². The van der Waals surface area contributed by atoms with Crippen LogP contribution < -0.4 is 10.2 Å². The molecule has 0 saturated carbocycles. The number of nitrogens with zero attached hydrogens (tertiary/aromatic N) is 4. The maximum absolute atomic E-state index is 11.4. The van der Waals surface area contributed by atoms with Crippen LogP contribution in [0.15, 0.2) is 30.6 Å². The van der Waals surface area contributed by atoms with Crippen LogP contribution in [0.3, 0.4) is 0 Å². The van der Waals surface area contributed by atoms with Gasteiger partial charge in [0.15, 0.2) is 0 Å². The van der Waals surface area contributed by atoms with E-state index < -0.39 is 0 Å². The van der Waals surface area contributed by atoms with Crippen molar-refractivity contribution in [1.29, 1.82) is 0 Å². The van der Waals surface area contributed by atoms with E-state index in [0.29, 0.717) is 12.8 Å². The summed E-state index contributed by atoms with van der Waals surface area (Å²) in [4.78, 5) is 27.1. The van der Waals surface area contributed by atoms with Crippen molar-refractivity contribution < 1.29 is 4.79 Å². The third-order valence-corrected chi connectivity index (χ3v) is 4.39. The van der Waals surface area contributed by atoms with Crippen LogP contribution in [0.4, 0.5) is 5.82 Å². The fraction of sp³-hybridized carbons (Fsp3) is 0.444. The average Bonchev–Trinajstić information content (AvgIpc) is 3.09. The second-order valence-corrected chi connectivity index (χ2v) is 6.10. The monoisotopic (exact) mass is 325 g/mol. The highest BCUT2D eigenvalue weighted by Crippen LogP contribution is 2.34. The number of anilines is 1. The molecular weight excluding hydrogens is 302 g/mol. The highest BCUT2D eigenvalue weighted by molar-refractivity contribution is 5.75. The van der Waals surface area contributed by atoms with Crippen LogP contribution in [0.25, 0.3) is 0 Å². The summed E-state index contributed by atoms with van der Waals surface area (Å²) in [6.45, 7) is 2.96. The first-order valence-electron chi connectivity index (χ1n) is 8.39. The van der Waals surface area contributed by atoms with Gasteiger partial charge in [-0.2, -0.15) is 0 Å². The first-order chi connectivity index (χ1) is 11.7. The van der Waals surface area contributed by atoms with E-state index in [-0.39, 0.29) is 11.9 Å². The van der Waals surface area contributed by atoms with Crippen LogP contribution in [0.2, 0.25) is 0 Å². The molecule has 126 valence electrons. The van der Waals surface area contributed by atoms with Gasteiger partial charge in [0, 0.05) is 37.5 Å². The number of nitrogens with one attached hydrogen (secondary N) is 1. The van der Waals surface area contributed by atoms with Crippen LogP contribution in [0, 0.1) is 6.92 Å². The van der Waals surface area contributed by atoms with Crippen LogP contribution in [-0.2, 0) is 11.2 Å². The van der Waals surface area contributed by atoms with E-state index in [9.17, 15) is 4.79 Å². The minimum atomic E-state index is 0.0427.